The Morgan fingerprint density at radius 2 is 1.74 bits per heavy atom. The van der Waals surface area contributed by atoms with Gasteiger partial charge in [0.15, 0.2) is 0 Å². The highest BCUT2D eigenvalue weighted by molar-refractivity contribution is 6.49. The highest BCUT2D eigenvalue weighted by Gasteiger charge is 2.24. The molecule has 0 saturated heterocycles. The van der Waals surface area contributed by atoms with Gasteiger partial charge in [0.1, 0.15) is 0 Å². The Balaban J connectivity index is 2.31. The Labute approximate surface area is 165 Å². The Bertz CT molecular complexity index is 801. The summed E-state index contributed by atoms with van der Waals surface area (Å²) in [4.78, 5) is 30.5. The largest absolute Gasteiger partial charge is 0.372 e. The molecule has 0 aliphatic heterocycles. The van der Waals surface area contributed by atoms with Gasteiger partial charge in [-0.1, -0.05) is 25.4 Å². The number of aliphatic imine (C=N–C) groups is 1. The number of anilines is 1. The smallest absolute Gasteiger partial charge is 0.221 e. The van der Waals surface area contributed by atoms with Crippen molar-refractivity contribution in [1.82, 2.24) is 5.32 Å². The summed E-state index contributed by atoms with van der Waals surface area (Å²) in [7, 11) is 0. The summed E-state index contributed by atoms with van der Waals surface area (Å²) in [6.45, 7) is 9.48. The first-order valence-corrected chi connectivity index (χ1v) is 9.59. The summed E-state index contributed by atoms with van der Waals surface area (Å²) in [6, 6.07) is 8.00. The maximum atomic E-state index is 12.2. The van der Waals surface area contributed by atoms with Gasteiger partial charge in [-0.2, -0.15) is 0 Å². The molecule has 0 spiro atoms. The van der Waals surface area contributed by atoms with E-state index in [1.807, 2.05) is 12.1 Å². The van der Waals surface area contributed by atoms with E-state index in [0.29, 0.717) is 11.3 Å². The second-order valence-electron chi connectivity index (χ2n) is 6.51. The number of halogens is 1. The number of nitrogens with zero attached hydrogens (tertiary/aromatic N) is 2. The summed E-state index contributed by atoms with van der Waals surface area (Å²) in [5, 5.41) is 2.59. The normalized spacial score (nSPS) is 15.8. The molecule has 1 aliphatic carbocycles. The third-order valence-corrected chi connectivity index (χ3v) is 4.66. The average molecular weight is 388 g/mol. The molecule has 27 heavy (non-hydrogen) atoms. The van der Waals surface area contributed by atoms with Gasteiger partial charge in [0.25, 0.3) is 0 Å². The Morgan fingerprint density at radius 1 is 1.15 bits per heavy atom. The van der Waals surface area contributed by atoms with Crippen molar-refractivity contribution < 1.29 is 9.59 Å². The van der Waals surface area contributed by atoms with Crippen LogP contribution in [0.15, 0.2) is 51.6 Å². The number of hydrogen-bond acceptors (Lipinski definition) is 4. The van der Waals surface area contributed by atoms with Crippen molar-refractivity contribution in [3.63, 3.8) is 0 Å². The number of carbonyl (C=O) groups excluding carboxylic acids is 2. The van der Waals surface area contributed by atoms with E-state index < -0.39 is 5.78 Å². The molecular formula is C21H26ClN3O2. The van der Waals surface area contributed by atoms with Crippen LogP contribution in [0.1, 0.15) is 40.5 Å². The molecular weight excluding hydrogens is 362 g/mol. The number of nitrogens with one attached hydrogen (secondary N) is 1. The molecule has 5 nitrogen and oxygen atoms in total. The first-order chi connectivity index (χ1) is 12.9. The molecule has 1 aromatic rings. The van der Waals surface area contributed by atoms with Crippen molar-refractivity contribution in [3.8, 4) is 0 Å². The lowest BCUT2D eigenvalue weighted by molar-refractivity contribution is -0.120. The predicted molar refractivity (Wildman–Crippen MR) is 112 cm³/mol. The van der Waals surface area contributed by atoms with Crippen LogP contribution in [0.25, 0.3) is 0 Å². The number of hydrogen-bond donors (Lipinski definition) is 1. The van der Waals surface area contributed by atoms with E-state index in [1.54, 1.807) is 13.0 Å². The monoisotopic (exact) mass is 387 g/mol. The van der Waals surface area contributed by atoms with Gasteiger partial charge in [-0.3, -0.25) is 9.59 Å². The molecule has 0 bridgehead atoms. The standard InChI is InChI=1S/C21H26ClN3O2/c1-5-11-25(12-6-2)17-9-7-16(8-10-17)24-18-13-19(23-15(4)26)21(27)20(22)14(18)3/h7-10,13H,5-6,11-12H2,1-4H3,(H,23,26). The first-order valence-electron chi connectivity index (χ1n) is 9.21. The highest BCUT2D eigenvalue weighted by atomic mass is 35.5. The van der Waals surface area contributed by atoms with Gasteiger partial charge in [0, 0.05) is 25.7 Å². The van der Waals surface area contributed by atoms with E-state index in [0.717, 1.165) is 31.6 Å². The van der Waals surface area contributed by atoms with Crippen molar-refractivity contribution in [3.05, 3.63) is 46.6 Å². The summed E-state index contributed by atoms with van der Waals surface area (Å²) in [5.74, 6) is -0.720. The van der Waals surface area contributed by atoms with Crippen LogP contribution in [0.5, 0.6) is 0 Å². The minimum Gasteiger partial charge on any atom is -0.372 e. The minimum atomic E-state index is -0.395. The van der Waals surface area contributed by atoms with E-state index in [-0.39, 0.29) is 16.6 Å². The van der Waals surface area contributed by atoms with Crippen LogP contribution in [-0.4, -0.2) is 30.5 Å². The van der Waals surface area contributed by atoms with Crippen molar-refractivity contribution in [2.45, 2.75) is 40.5 Å². The molecule has 6 heteroatoms. The second kappa shape index (κ2) is 9.51. The molecule has 2 rings (SSSR count). The van der Waals surface area contributed by atoms with Crippen LogP contribution < -0.4 is 10.2 Å². The number of amides is 1. The molecule has 0 atom stereocenters. The van der Waals surface area contributed by atoms with Crippen molar-refractivity contribution >= 4 is 40.4 Å². The molecule has 0 aromatic heterocycles. The Kier molecular flexibility index (Phi) is 7.36. The molecule has 1 aliphatic rings. The number of Topliss-reactive ketones (excluding diaryl/α,β-unsaturated/α-hetero) is 1. The van der Waals surface area contributed by atoms with Gasteiger partial charge in [-0.15, -0.1) is 0 Å². The summed E-state index contributed by atoms with van der Waals surface area (Å²) in [6.07, 6.45) is 3.76. The number of allylic oxidation sites excluding steroid dienone is 3. The molecule has 0 heterocycles. The van der Waals surface area contributed by atoms with E-state index >= 15 is 0 Å². The lowest BCUT2D eigenvalue weighted by Gasteiger charge is -2.23. The van der Waals surface area contributed by atoms with Crippen LogP contribution in [-0.2, 0) is 9.59 Å². The second-order valence-corrected chi connectivity index (χ2v) is 6.89. The van der Waals surface area contributed by atoms with Gasteiger partial charge in [-0.05, 0) is 55.7 Å². The highest BCUT2D eigenvalue weighted by Crippen LogP contribution is 2.26. The van der Waals surface area contributed by atoms with Gasteiger partial charge in [-0.25, -0.2) is 4.99 Å². The fourth-order valence-electron chi connectivity index (χ4n) is 2.90. The summed E-state index contributed by atoms with van der Waals surface area (Å²) >= 11 is 6.14. The van der Waals surface area contributed by atoms with E-state index in [9.17, 15) is 9.59 Å². The van der Waals surface area contributed by atoms with Crippen LogP contribution in [0.2, 0.25) is 0 Å². The van der Waals surface area contributed by atoms with E-state index in [1.165, 1.54) is 12.6 Å². The molecule has 0 unspecified atom stereocenters. The van der Waals surface area contributed by atoms with E-state index in [4.69, 9.17) is 11.6 Å². The average Bonchev–Trinajstić information content (AvgIpc) is 2.64. The predicted octanol–water partition coefficient (Wildman–Crippen LogP) is 4.50. The Morgan fingerprint density at radius 3 is 2.26 bits per heavy atom. The lowest BCUT2D eigenvalue weighted by atomic mass is 10.0. The Hall–Kier alpha value is -2.40. The zero-order valence-electron chi connectivity index (χ0n) is 16.3. The van der Waals surface area contributed by atoms with E-state index in [2.05, 4.69) is 41.2 Å². The minimum absolute atomic E-state index is 0.0775. The van der Waals surface area contributed by atoms with Crippen molar-refractivity contribution in [1.29, 1.82) is 0 Å². The molecule has 0 fully saturated rings. The van der Waals surface area contributed by atoms with Crippen molar-refractivity contribution in [2.75, 3.05) is 18.0 Å². The quantitative estimate of drug-likeness (QED) is 0.700. The fourth-order valence-corrected chi connectivity index (χ4v) is 3.10. The molecule has 144 valence electrons. The molecule has 1 N–H and O–H groups in total. The molecule has 0 radical (unpaired) electrons. The van der Waals surface area contributed by atoms with Crippen molar-refractivity contribution in [2.24, 2.45) is 4.99 Å². The lowest BCUT2D eigenvalue weighted by Crippen LogP contribution is -2.29. The van der Waals surface area contributed by atoms with Crippen LogP contribution in [0.3, 0.4) is 0 Å². The zero-order valence-corrected chi connectivity index (χ0v) is 17.1. The third kappa shape index (κ3) is 5.30. The topological polar surface area (TPSA) is 61.8 Å². The number of ketones is 1. The van der Waals surface area contributed by atoms with Gasteiger partial charge >= 0.3 is 0 Å². The number of benzene rings is 1. The number of carbonyl (C=O) groups is 2. The maximum absolute atomic E-state index is 12.2. The van der Waals surface area contributed by atoms with Gasteiger partial charge < -0.3 is 10.2 Å². The molecule has 1 aromatic carbocycles. The third-order valence-electron chi connectivity index (χ3n) is 4.20. The molecule has 1 amide bonds. The van der Waals surface area contributed by atoms with Crippen LogP contribution in [0, 0.1) is 0 Å². The first kappa shape index (κ1) is 20.9. The summed E-state index contributed by atoms with van der Waals surface area (Å²) in [5.41, 5.74) is 3.23. The SMILES string of the molecule is CCCN(CCC)c1ccc(N=C2C=C(NC(C)=O)C(=O)C(Cl)=C2C)cc1. The van der Waals surface area contributed by atoms with Gasteiger partial charge in [0.2, 0.25) is 11.7 Å². The summed E-state index contributed by atoms with van der Waals surface area (Å²) < 4.78 is 0. The fraction of sp³-hybridized carbons (Fsp3) is 0.381. The number of rotatable bonds is 7. The molecule has 0 saturated carbocycles. The van der Waals surface area contributed by atoms with Gasteiger partial charge in [0.05, 0.1) is 22.1 Å². The maximum Gasteiger partial charge on any atom is 0.221 e. The van der Waals surface area contributed by atoms with Crippen LogP contribution in [0.4, 0.5) is 11.4 Å². The van der Waals surface area contributed by atoms with Crippen LogP contribution >= 0.6 is 11.6 Å². The zero-order chi connectivity index (χ0) is 20.0.